The third-order valence-corrected chi connectivity index (χ3v) is 3.24. The fourth-order valence-electron chi connectivity index (χ4n) is 1.98. The molecule has 0 fully saturated rings. The van der Waals surface area contributed by atoms with E-state index in [9.17, 15) is 9.18 Å². The zero-order valence-corrected chi connectivity index (χ0v) is 12.5. The number of amides is 1. The Hall–Kier alpha value is -2.37. The molecule has 0 aliphatic rings. The molecule has 0 bridgehead atoms. The van der Waals surface area contributed by atoms with Crippen LogP contribution in [0.3, 0.4) is 0 Å². The number of hydrogen-bond acceptors (Lipinski definition) is 3. The summed E-state index contributed by atoms with van der Waals surface area (Å²) in [5.74, 6) is -0.394. The normalized spacial score (nSPS) is 12.0. The van der Waals surface area contributed by atoms with E-state index in [0.29, 0.717) is 11.4 Å². The van der Waals surface area contributed by atoms with E-state index in [1.807, 2.05) is 20.9 Å². The lowest BCUT2D eigenvalue weighted by Crippen LogP contribution is -2.30. The molecule has 0 spiro atoms. The number of aryl methyl sites for hydroxylation is 2. The van der Waals surface area contributed by atoms with Gasteiger partial charge < -0.3 is 10.1 Å². The zero-order chi connectivity index (χ0) is 15.6. The number of nitrogens with one attached hydrogen (secondary N) is 1. The van der Waals surface area contributed by atoms with Crippen molar-refractivity contribution in [1.82, 2.24) is 9.78 Å². The van der Waals surface area contributed by atoms with Gasteiger partial charge in [-0.1, -0.05) is 6.07 Å². The van der Waals surface area contributed by atoms with E-state index in [-0.39, 0.29) is 5.91 Å². The van der Waals surface area contributed by atoms with Crippen LogP contribution in [0.4, 0.5) is 10.1 Å². The second-order valence-corrected chi connectivity index (χ2v) is 4.88. The monoisotopic (exact) mass is 291 g/mol. The van der Waals surface area contributed by atoms with E-state index in [0.717, 1.165) is 11.4 Å². The number of carbonyl (C=O) groups is 1. The lowest BCUT2D eigenvalue weighted by Gasteiger charge is -2.15. The van der Waals surface area contributed by atoms with E-state index in [1.165, 1.54) is 18.2 Å². The summed E-state index contributed by atoms with van der Waals surface area (Å²) in [4.78, 5) is 12.1. The Morgan fingerprint density at radius 3 is 2.71 bits per heavy atom. The first-order chi connectivity index (χ1) is 9.88. The minimum absolute atomic E-state index is 0.307. The van der Waals surface area contributed by atoms with Crippen LogP contribution in [0.1, 0.15) is 18.3 Å². The molecule has 2 rings (SSSR count). The molecule has 1 heterocycles. The Morgan fingerprint density at radius 1 is 1.43 bits per heavy atom. The number of rotatable bonds is 4. The van der Waals surface area contributed by atoms with Gasteiger partial charge >= 0.3 is 0 Å². The first-order valence-electron chi connectivity index (χ1n) is 6.61. The number of aromatic nitrogens is 2. The van der Waals surface area contributed by atoms with Gasteiger partial charge in [0.1, 0.15) is 11.6 Å². The van der Waals surface area contributed by atoms with Crippen LogP contribution in [0, 0.1) is 19.7 Å². The van der Waals surface area contributed by atoms with Crippen molar-refractivity contribution in [3.05, 3.63) is 41.5 Å². The summed E-state index contributed by atoms with van der Waals surface area (Å²) < 4.78 is 20.2. The van der Waals surface area contributed by atoms with Crippen LogP contribution in [-0.4, -0.2) is 21.8 Å². The standard InChI is InChI=1S/C15H18FN3O2/c1-9-14(10(2)19(4)18-9)17-15(20)11(3)21-13-7-5-6-12(16)8-13/h5-8,11H,1-4H3,(H,17,20)/t11-/m0/s1. The molecule has 1 atom stereocenters. The number of carbonyl (C=O) groups excluding carboxylic acids is 1. The van der Waals surface area contributed by atoms with Crippen molar-refractivity contribution in [3.8, 4) is 5.75 Å². The smallest absolute Gasteiger partial charge is 0.265 e. The lowest BCUT2D eigenvalue weighted by atomic mass is 10.2. The molecule has 21 heavy (non-hydrogen) atoms. The fourth-order valence-corrected chi connectivity index (χ4v) is 1.98. The quantitative estimate of drug-likeness (QED) is 0.942. The van der Waals surface area contributed by atoms with Crippen molar-refractivity contribution in [2.45, 2.75) is 26.9 Å². The van der Waals surface area contributed by atoms with Crippen LogP contribution < -0.4 is 10.1 Å². The third kappa shape index (κ3) is 3.39. The van der Waals surface area contributed by atoms with E-state index in [2.05, 4.69) is 10.4 Å². The van der Waals surface area contributed by atoms with Gasteiger partial charge in [0.2, 0.25) is 0 Å². The van der Waals surface area contributed by atoms with Crippen LogP contribution >= 0.6 is 0 Å². The molecule has 112 valence electrons. The summed E-state index contributed by atoms with van der Waals surface area (Å²) in [5.41, 5.74) is 2.28. The molecule has 1 N–H and O–H groups in total. The van der Waals surface area contributed by atoms with Crippen LogP contribution in [0.2, 0.25) is 0 Å². The second-order valence-electron chi connectivity index (χ2n) is 4.88. The highest BCUT2D eigenvalue weighted by atomic mass is 19.1. The molecule has 6 heteroatoms. The van der Waals surface area contributed by atoms with Crippen LogP contribution in [-0.2, 0) is 11.8 Å². The van der Waals surface area contributed by atoms with Gasteiger partial charge in [0.15, 0.2) is 6.10 Å². The van der Waals surface area contributed by atoms with E-state index < -0.39 is 11.9 Å². The Kier molecular flexibility index (Phi) is 4.26. The molecule has 0 unspecified atom stereocenters. The van der Waals surface area contributed by atoms with E-state index in [1.54, 1.807) is 17.7 Å². The molecule has 5 nitrogen and oxygen atoms in total. The molecule has 1 aromatic carbocycles. The van der Waals surface area contributed by atoms with Gasteiger partial charge in [-0.3, -0.25) is 9.48 Å². The Balaban J connectivity index is 2.06. The van der Waals surface area contributed by atoms with E-state index >= 15 is 0 Å². The predicted octanol–water partition coefficient (Wildman–Crippen LogP) is 2.58. The van der Waals surface area contributed by atoms with Crippen molar-refractivity contribution in [2.75, 3.05) is 5.32 Å². The minimum Gasteiger partial charge on any atom is -0.481 e. The van der Waals surface area contributed by atoms with Gasteiger partial charge in [-0.15, -0.1) is 0 Å². The fraction of sp³-hybridized carbons (Fsp3) is 0.333. The predicted molar refractivity (Wildman–Crippen MR) is 77.8 cm³/mol. The summed E-state index contributed by atoms with van der Waals surface area (Å²) >= 11 is 0. The molecule has 0 saturated heterocycles. The number of benzene rings is 1. The molecular weight excluding hydrogens is 273 g/mol. The third-order valence-electron chi connectivity index (χ3n) is 3.24. The summed E-state index contributed by atoms with van der Waals surface area (Å²) in [5, 5.41) is 7.02. The first-order valence-corrected chi connectivity index (χ1v) is 6.61. The number of anilines is 1. The van der Waals surface area contributed by atoms with Gasteiger partial charge in [0.25, 0.3) is 5.91 Å². The zero-order valence-electron chi connectivity index (χ0n) is 12.5. The highest BCUT2D eigenvalue weighted by molar-refractivity contribution is 5.95. The Bertz CT molecular complexity index is 667. The maximum absolute atomic E-state index is 13.1. The first kappa shape index (κ1) is 15.0. The average molecular weight is 291 g/mol. The summed E-state index contributed by atoms with van der Waals surface area (Å²) in [6.07, 6.45) is -0.745. The lowest BCUT2D eigenvalue weighted by molar-refractivity contribution is -0.122. The van der Waals surface area contributed by atoms with Gasteiger partial charge in [-0.25, -0.2) is 4.39 Å². The summed E-state index contributed by atoms with van der Waals surface area (Å²) in [7, 11) is 1.81. The van der Waals surface area contributed by atoms with E-state index in [4.69, 9.17) is 4.74 Å². The minimum atomic E-state index is -0.745. The van der Waals surface area contributed by atoms with Crippen molar-refractivity contribution in [2.24, 2.45) is 7.05 Å². The molecule has 1 aromatic heterocycles. The summed E-state index contributed by atoms with van der Waals surface area (Å²) in [6.45, 7) is 5.30. The maximum Gasteiger partial charge on any atom is 0.265 e. The van der Waals surface area contributed by atoms with Crippen LogP contribution in [0.25, 0.3) is 0 Å². The molecule has 1 amide bonds. The molecule has 0 radical (unpaired) electrons. The molecule has 0 aliphatic heterocycles. The topological polar surface area (TPSA) is 56.2 Å². The Labute approximate surface area is 122 Å². The number of halogens is 1. The van der Waals surface area contributed by atoms with Crippen LogP contribution in [0.15, 0.2) is 24.3 Å². The van der Waals surface area contributed by atoms with Crippen molar-refractivity contribution < 1.29 is 13.9 Å². The summed E-state index contributed by atoms with van der Waals surface area (Å²) in [6, 6.07) is 5.70. The van der Waals surface area contributed by atoms with Gasteiger partial charge in [0, 0.05) is 13.1 Å². The number of ether oxygens (including phenoxy) is 1. The van der Waals surface area contributed by atoms with Gasteiger partial charge in [-0.2, -0.15) is 5.10 Å². The van der Waals surface area contributed by atoms with Crippen molar-refractivity contribution in [3.63, 3.8) is 0 Å². The number of hydrogen-bond donors (Lipinski definition) is 1. The maximum atomic E-state index is 13.1. The van der Waals surface area contributed by atoms with Crippen LogP contribution in [0.5, 0.6) is 5.75 Å². The van der Waals surface area contributed by atoms with Crippen molar-refractivity contribution >= 4 is 11.6 Å². The average Bonchev–Trinajstić information content (AvgIpc) is 2.65. The number of nitrogens with zero attached hydrogens (tertiary/aromatic N) is 2. The van der Waals surface area contributed by atoms with Gasteiger partial charge in [-0.05, 0) is 32.9 Å². The van der Waals surface area contributed by atoms with Crippen molar-refractivity contribution in [1.29, 1.82) is 0 Å². The Morgan fingerprint density at radius 2 is 2.14 bits per heavy atom. The second kappa shape index (κ2) is 5.95. The molecule has 0 saturated carbocycles. The largest absolute Gasteiger partial charge is 0.481 e. The highest BCUT2D eigenvalue weighted by Crippen LogP contribution is 2.19. The van der Waals surface area contributed by atoms with Gasteiger partial charge in [0.05, 0.1) is 17.1 Å². The molecular formula is C15H18FN3O2. The SMILES string of the molecule is Cc1nn(C)c(C)c1NC(=O)[C@H](C)Oc1cccc(F)c1. The molecule has 2 aromatic rings. The molecule has 0 aliphatic carbocycles. The highest BCUT2D eigenvalue weighted by Gasteiger charge is 2.19.